The minimum Gasteiger partial charge on any atom is -0.368 e. The monoisotopic (exact) mass is 508 g/mol. The summed E-state index contributed by atoms with van der Waals surface area (Å²) in [5.41, 5.74) is 1.35. The van der Waals surface area contributed by atoms with Gasteiger partial charge in [-0.05, 0) is 55.0 Å². The third-order valence-electron chi connectivity index (χ3n) is 6.96. The molecule has 2 saturated heterocycles. The standard InChI is InChI=1S/C25H27F3N2O4S/c1-14-9-16(11-17(26)10-14)19-4-2-3-15(23(19)28)12-21-24(29-35(32,33)18-5-6-18)20(27)13-30(21)25(31)22-7-8-34-22/h2-4,9-11,18,20-22,24,29H,5-8,12-13H2,1H3/t20-,21-,22?,24-/m0/s1. The van der Waals surface area contributed by atoms with Crippen LogP contribution in [0.1, 0.15) is 30.4 Å². The normalized spacial score (nSPS) is 26.6. The van der Waals surface area contributed by atoms with Gasteiger partial charge in [-0.1, -0.05) is 24.3 Å². The number of sulfonamides is 1. The van der Waals surface area contributed by atoms with Gasteiger partial charge in [0.25, 0.3) is 5.91 Å². The molecule has 6 nitrogen and oxygen atoms in total. The highest BCUT2D eigenvalue weighted by molar-refractivity contribution is 7.90. The molecule has 4 atom stereocenters. The average molecular weight is 509 g/mol. The van der Waals surface area contributed by atoms with E-state index in [4.69, 9.17) is 4.74 Å². The molecule has 0 radical (unpaired) electrons. The van der Waals surface area contributed by atoms with Gasteiger partial charge in [0.1, 0.15) is 23.9 Å². The van der Waals surface area contributed by atoms with Crippen molar-refractivity contribution < 1.29 is 31.1 Å². The van der Waals surface area contributed by atoms with Crippen molar-refractivity contribution in [1.29, 1.82) is 0 Å². The van der Waals surface area contributed by atoms with Crippen LogP contribution >= 0.6 is 0 Å². The van der Waals surface area contributed by atoms with E-state index < -0.39 is 57.2 Å². The molecule has 1 aliphatic carbocycles. The van der Waals surface area contributed by atoms with E-state index in [-0.39, 0.29) is 24.1 Å². The Hall–Kier alpha value is -2.43. The summed E-state index contributed by atoms with van der Waals surface area (Å²) in [6, 6.07) is 6.75. The molecule has 10 heteroatoms. The van der Waals surface area contributed by atoms with Crippen LogP contribution in [0.5, 0.6) is 0 Å². The fraction of sp³-hybridized carbons (Fsp3) is 0.480. The lowest BCUT2D eigenvalue weighted by Gasteiger charge is -2.34. The minimum absolute atomic E-state index is 0.106. The second-order valence-electron chi connectivity index (χ2n) is 9.61. The molecule has 3 fully saturated rings. The van der Waals surface area contributed by atoms with E-state index in [1.807, 2.05) is 0 Å². The van der Waals surface area contributed by atoms with E-state index in [9.17, 15) is 17.6 Å². The van der Waals surface area contributed by atoms with Crippen molar-refractivity contribution >= 4 is 15.9 Å². The van der Waals surface area contributed by atoms with Crippen LogP contribution in [0, 0.1) is 18.6 Å². The number of alkyl halides is 1. The SMILES string of the molecule is Cc1cc(F)cc(-c2cccc(C[C@H]3[C@@H](NS(=O)(=O)C4CC4)[C@@H](F)CN3C(=O)C3CCO3)c2F)c1. The van der Waals surface area contributed by atoms with Gasteiger partial charge in [0.2, 0.25) is 10.0 Å². The maximum absolute atomic E-state index is 15.7. The molecular weight excluding hydrogens is 481 g/mol. The van der Waals surface area contributed by atoms with E-state index in [1.54, 1.807) is 19.1 Å². The molecule has 2 heterocycles. The lowest BCUT2D eigenvalue weighted by atomic mass is 9.95. The Bertz CT molecular complexity index is 1230. The van der Waals surface area contributed by atoms with Crippen LogP contribution in [0.2, 0.25) is 0 Å². The minimum atomic E-state index is -3.76. The third-order valence-corrected chi connectivity index (χ3v) is 8.91. The van der Waals surface area contributed by atoms with Gasteiger partial charge in [-0.3, -0.25) is 4.79 Å². The van der Waals surface area contributed by atoms with Crippen LogP contribution in [0.3, 0.4) is 0 Å². The van der Waals surface area contributed by atoms with Crippen molar-refractivity contribution in [3.05, 3.63) is 59.2 Å². The molecule has 188 valence electrons. The number of halogens is 3. The first kappa shape index (κ1) is 24.3. The highest BCUT2D eigenvalue weighted by atomic mass is 32.2. The predicted octanol–water partition coefficient (Wildman–Crippen LogP) is 3.27. The van der Waals surface area contributed by atoms with Gasteiger partial charge in [0.15, 0.2) is 0 Å². The second kappa shape index (κ2) is 9.22. The summed E-state index contributed by atoms with van der Waals surface area (Å²) in [4.78, 5) is 14.3. The number of carbonyl (C=O) groups excluding carboxylic acids is 1. The molecule has 2 aromatic carbocycles. The Morgan fingerprint density at radius 1 is 1.17 bits per heavy atom. The van der Waals surface area contributed by atoms with Crippen LogP contribution < -0.4 is 4.72 Å². The Kier molecular flexibility index (Phi) is 6.39. The van der Waals surface area contributed by atoms with Crippen LogP contribution in [0.25, 0.3) is 11.1 Å². The molecule has 1 unspecified atom stereocenters. The number of benzene rings is 2. The number of hydrogen-bond donors (Lipinski definition) is 1. The first-order valence-electron chi connectivity index (χ1n) is 11.8. The molecule has 1 amide bonds. The van der Waals surface area contributed by atoms with E-state index >= 15 is 8.78 Å². The van der Waals surface area contributed by atoms with Crippen molar-refractivity contribution in [1.82, 2.24) is 9.62 Å². The summed E-state index contributed by atoms with van der Waals surface area (Å²) in [6.07, 6.45) is -0.937. The largest absolute Gasteiger partial charge is 0.368 e. The maximum atomic E-state index is 15.7. The van der Waals surface area contributed by atoms with Gasteiger partial charge < -0.3 is 9.64 Å². The maximum Gasteiger partial charge on any atom is 0.252 e. The number of likely N-dealkylation sites (tertiary alicyclic amines) is 1. The predicted molar refractivity (Wildman–Crippen MR) is 124 cm³/mol. The van der Waals surface area contributed by atoms with Crippen molar-refractivity contribution in [2.45, 2.75) is 62.2 Å². The van der Waals surface area contributed by atoms with Crippen LogP contribution in [-0.2, 0) is 26.0 Å². The molecule has 2 aromatic rings. The van der Waals surface area contributed by atoms with E-state index in [1.165, 1.54) is 29.2 Å². The van der Waals surface area contributed by atoms with Gasteiger partial charge in [0, 0.05) is 12.0 Å². The van der Waals surface area contributed by atoms with Crippen molar-refractivity contribution in [2.75, 3.05) is 13.2 Å². The number of rotatable bonds is 7. The van der Waals surface area contributed by atoms with E-state index in [0.717, 1.165) is 0 Å². The van der Waals surface area contributed by atoms with Crippen molar-refractivity contribution in [3.63, 3.8) is 0 Å². The summed E-state index contributed by atoms with van der Waals surface area (Å²) in [5, 5.41) is -0.564. The Morgan fingerprint density at radius 3 is 2.54 bits per heavy atom. The van der Waals surface area contributed by atoms with Crippen LogP contribution in [-0.4, -0.2) is 62.0 Å². The molecule has 3 aliphatic rings. The quantitative estimate of drug-likeness (QED) is 0.623. The zero-order valence-corrected chi connectivity index (χ0v) is 20.0. The molecule has 2 aliphatic heterocycles. The summed E-state index contributed by atoms with van der Waals surface area (Å²) in [7, 11) is -3.76. The number of nitrogens with zero attached hydrogens (tertiary/aromatic N) is 1. The first-order chi connectivity index (χ1) is 16.6. The van der Waals surface area contributed by atoms with E-state index in [2.05, 4.69) is 4.72 Å². The molecule has 0 bridgehead atoms. The lowest BCUT2D eigenvalue weighted by Crippen LogP contribution is -2.53. The fourth-order valence-electron chi connectivity index (χ4n) is 4.87. The lowest BCUT2D eigenvalue weighted by molar-refractivity contribution is -0.157. The summed E-state index contributed by atoms with van der Waals surface area (Å²) >= 11 is 0. The fourth-order valence-corrected chi connectivity index (χ4v) is 6.51. The van der Waals surface area contributed by atoms with Gasteiger partial charge in [0.05, 0.1) is 30.5 Å². The highest BCUT2D eigenvalue weighted by Crippen LogP contribution is 2.34. The van der Waals surface area contributed by atoms with Gasteiger partial charge in [-0.2, -0.15) is 0 Å². The summed E-state index contributed by atoms with van der Waals surface area (Å²) in [6.45, 7) is 1.83. The van der Waals surface area contributed by atoms with Crippen molar-refractivity contribution in [2.24, 2.45) is 0 Å². The molecule has 0 aromatic heterocycles. The number of hydrogen-bond acceptors (Lipinski definition) is 4. The molecular formula is C25H27F3N2O4S. The van der Waals surface area contributed by atoms with Gasteiger partial charge in [-0.15, -0.1) is 0 Å². The number of aryl methyl sites for hydroxylation is 1. The summed E-state index contributed by atoms with van der Waals surface area (Å²) in [5.74, 6) is -1.53. The summed E-state index contributed by atoms with van der Waals surface area (Å²) < 4.78 is 77.8. The molecule has 1 saturated carbocycles. The zero-order valence-electron chi connectivity index (χ0n) is 19.2. The number of nitrogens with one attached hydrogen (secondary N) is 1. The Morgan fingerprint density at radius 2 is 1.91 bits per heavy atom. The van der Waals surface area contributed by atoms with Crippen LogP contribution in [0.15, 0.2) is 36.4 Å². The number of ether oxygens (including phenoxy) is 1. The van der Waals surface area contributed by atoms with E-state index in [0.29, 0.717) is 37.0 Å². The highest BCUT2D eigenvalue weighted by Gasteiger charge is 2.50. The Labute approximate surface area is 202 Å². The smallest absolute Gasteiger partial charge is 0.252 e. The molecule has 1 N–H and O–H groups in total. The van der Waals surface area contributed by atoms with Gasteiger partial charge >= 0.3 is 0 Å². The van der Waals surface area contributed by atoms with Crippen LogP contribution in [0.4, 0.5) is 13.2 Å². The third kappa shape index (κ3) is 4.83. The Balaban J connectivity index is 1.48. The topological polar surface area (TPSA) is 75.7 Å². The molecule has 35 heavy (non-hydrogen) atoms. The second-order valence-corrected chi connectivity index (χ2v) is 11.6. The molecule has 5 rings (SSSR count). The molecule has 0 spiro atoms. The zero-order chi connectivity index (χ0) is 24.9. The number of amides is 1. The van der Waals surface area contributed by atoms with Gasteiger partial charge in [-0.25, -0.2) is 26.3 Å². The number of carbonyl (C=O) groups is 1. The van der Waals surface area contributed by atoms with Crippen molar-refractivity contribution in [3.8, 4) is 11.1 Å². The first-order valence-corrected chi connectivity index (χ1v) is 13.3. The average Bonchev–Trinajstić information content (AvgIpc) is 3.56.